The van der Waals surface area contributed by atoms with Crippen LogP contribution in [0.2, 0.25) is 0 Å². The average Bonchev–Trinajstić information content (AvgIpc) is 3.51. The van der Waals surface area contributed by atoms with Crippen LogP contribution in [-0.2, 0) is 5.41 Å². The monoisotopic (exact) mass is 727 g/mol. The second-order valence-electron chi connectivity index (χ2n) is 15.5. The molecule has 0 fully saturated rings. The lowest BCUT2D eigenvalue weighted by molar-refractivity contribution is 0.662. The minimum atomic E-state index is -0.113. The van der Waals surface area contributed by atoms with E-state index in [9.17, 15) is 0 Å². The van der Waals surface area contributed by atoms with E-state index in [2.05, 4.69) is 196 Å². The fraction of sp³-hybridized carbons (Fsp3) is 0.0556. The van der Waals surface area contributed by atoms with Crippen molar-refractivity contribution in [2.75, 3.05) is 0 Å². The van der Waals surface area contributed by atoms with E-state index in [1.54, 1.807) is 0 Å². The molecule has 0 atom stereocenters. The summed E-state index contributed by atoms with van der Waals surface area (Å²) in [4.78, 5) is 16.0. The highest BCUT2D eigenvalue weighted by Gasteiger charge is 2.37. The molecule has 11 rings (SSSR count). The maximum atomic E-state index is 5.38. The molecular formula is C54H37N3. The average molecular weight is 728 g/mol. The predicted molar refractivity (Wildman–Crippen MR) is 237 cm³/mol. The van der Waals surface area contributed by atoms with E-state index < -0.39 is 0 Å². The van der Waals surface area contributed by atoms with Crippen LogP contribution in [-0.4, -0.2) is 15.0 Å². The van der Waals surface area contributed by atoms with Crippen LogP contribution in [0.25, 0.3) is 99.9 Å². The van der Waals surface area contributed by atoms with E-state index in [0.29, 0.717) is 17.5 Å². The Morgan fingerprint density at radius 1 is 0.333 bits per heavy atom. The second-order valence-corrected chi connectivity index (χ2v) is 15.5. The fourth-order valence-electron chi connectivity index (χ4n) is 9.23. The van der Waals surface area contributed by atoms with Gasteiger partial charge in [-0.1, -0.05) is 196 Å². The van der Waals surface area contributed by atoms with Gasteiger partial charge in [0.15, 0.2) is 17.5 Å². The first kappa shape index (κ1) is 33.1. The minimum absolute atomic E-state index is 0.113. The van der Waals surface area contributed by atoms with Gasteiger partial charge >= 0.3 is 0 Å². The van der Waals surface area contributed by atoms with Gasteiger partial charge in [0.25, 0.3) is 0 Å². The lowest BCUT2D eigenvalue weighted by Gasteiger charge is -2.24. The van der Waals surface area contributed by atoms with Crippen molar-refractivity contribution in [3.63, 3.8) is 0 Å². The summed E-state index contributed by atoms with van der Waals surface area (Å²) in [6, 6.07) is 67.2. The third-order valence-corrected chi connectivity index (χ3v) is 11.9. The zero-order valence-electron chi connectivity index (χ0n) is 31.7. The first-order valence-corrected chi connectivity index (χ1v) is 19.6. The number of aromatic nitrogens is 3. The van der Waals surface area contributed by atoms with Gasteiger partial charge in [0, 0.05) is 22.1 Å². The van der Waals surface area contributed by atoms with E-state index in [1.165, 1.54) is 49.5 Å². The van der Waals surface area contributed by atoms with E-state index in [0.717, 1.165) is 44.0 Å². The van der Waals surface area contributed by atoms with Gasteiger partial charge in [-0.25, -0.2) is 15.0 Å². The molecule has 1 heterocycles. The Morgan fingerprint density at radius 2 is 0.912 bits per heavy atom. The molecule has 0 spiro atoms. The van der Waals surface area contributed by atoms with Crippen molar-refractivity contribution >= 4 is 32.3 Å². The quantitative estimate of drug-likeness (QED) is 0.131. The summed E-state index contributed by atoms with van der Waals surface area (Å²) in [5, 5.41) is 6.96. The summed E-state index contributed by atoms with van der Waals surface area (Å²) < 4.78 is 0. The van der Waals surface area contributed by atoms with E-state index in [4.69, 9.17) is 15.0 Å². The molecule has 0 unspecified atom stereocenters. The SMILES string of the molecule is CC1(C)c2ccccc2-c2cccc(-c3ccc(-c4nc(-c5ccccc5-c5ccccc5)nc(-c5c6ccccc6cc6c5ccc5ccccc56)n4)cc3)c21. The van der Waals surface area contributed by atoms with Crippen molar-refractivity contribution in [3.05, 3.63) is 199 Å². The van der Waals surface area contributed by atoms with Gasteiger partial charge in [0.1, 0.15) is 0 Å². The van der Waals surface area contributed by atoms with Crippen molar-refractivity contribution in [3.8, 4) is 67.5 Å². The molecule has 268 valence electrons. The molecule has 0 saturated heterocycles. The molecule has 0 bridgehead atoms. The number of hydrogen-bond donors (Lipinski definition) is 0. The maximum Gasteiger partial charge on any atom is 0.165 e. The highest BCUT2D eigenvalue weighted by molar-refractivity contribution is 6.19. The van der Waals surface area contributed by atoms with E-state index >= 15 is 0 Å². The number of benzene rings is 9. The van der Waals surface area contributed by atoms with Crippen LogP contribution < -0.4 is 0 Å². The summed E-state index contributed by atoms with van der Waals surface area (Å²) in [5.41, 5.74) is 12.8. The molecule has 3 heteroatoms. The number of hydrogen-bond acceptors (Lipinski definition) is 3. The highest BCUT2D eigenvalue weighted by atomic mass is 15.0. The predicted octanol–water partition coefficient (Wildman–Crippen LogP) is 14.0. The fourth-order valence-corrected chi connectivity index (χ4v) is 9.23. The summed E-state index contributed by atoms with van der Waals surface area (Å²) >= 11 is 0. The van der Waals surface area contributed by atoms with Crippen LogP contribution >= 0.6 is 0 Å². The maximum absolute atomic E-state index is 5.38. The summed E-state index contributed by atoms with van der Waals surface area (Å²) in [6.45, 7) is 4.69. The van der Waals surface area contributed by atoms with Crippen LogP contribution in [0.5, 0.6) is 0 Å². The van der Waals surface area contributed by atoms with Crippen LogP contribution in [0.15, 0.2) is 188 Å². The number of nitrogens with zero attached hydrogens (tertiary/aromatic N) is 3. The van der Waals surface area contributed by atoms with Crippen LogP contribution in [0.3, 0.4) is 0 Å². The molecule has 1 aliphatic rings. The lowest BCUT2D eigenvalue weighted by Crippen LogP contribution is -2.16. The highest BCUT2D eigenvalue weighted by Crippen LogP contribution is 2.52. The summed E-state index contributed by atoms with van der Waals surface area (Å²) in [5.74, 6) is 1.93. The van der Waals surface area contributed by atoms with Gasteiger partial charge in [-0.3, -0.25) is 0 Å². The van der Waals surface area contributed by atoms with Crippen molar-refractivity contribution in [1.82, 2.24) is 15.0 Å². The third kappa shape index (κ3) is 5.31. The molecule has 1 aliphatic carbocycles. The molecule has 10 aromatic rings. The van der Waals surface area contributed by atoms with Gasteiger partial charge in [-0.15, -0.1) is 0 Å². The van der Waals surface area contributed by atoms with Crippen LogP contribution in [0, 0.1) is 0 Å². The minimum Gasteiger partial charge on any atom is -0.208 e. The zero-order valence-corrected chi connectivity index (χ0v) is 31.7. The lowest BCUT2D eigenvalue weighted by atomic mass is 9.79. The normalized spacial score (nSPS) is 12.9. The topological polar surface area (TPSA) is 38.7 Å². The van der Waals surface area contributed by atoms with Crippen LogP contribution in [0.1, 0.15) is 25.0 Å². The van der Waals surface area contributed by atoms with Crippen molar-refractivity contribution in [2.45, 2.75) is 19.3 Å². The molecular weight excluding hydrogens is 691 g/mol. The third-order valence-electron chi connectivity index (χ3n) is 11.9. The molecule has 3 nitrogen and oxygen atoms in total. The molecule has 0 radical (unpaired) electrons. The Morgan fingerprint density at radius 3 is 1.74 bits per heavy atom. The summed E-state index contributed by atoms with van der Waals surface area (Å²) in [7, 11) is 0. The molecule has 57 heavy (non-hydrogen) atoms. The Labute approximate surface area is 332 Å². The standard InChI is InChI=1S/C54H37N3/c1-54(2)48-26-13-12-22-43(48)45-25-14-24-42(50(45)54)36-27-29-37(30-28-36)51-55-52(46-23-11-10-19-39(46)34-15-4-3-5-16-34)57-53(56-51)49-41-21-9-7-18-38(41)33-47-40-20-8-6-17-35(40)31-32-44(47)49/h3-33H,1-2H3. The van der Waals surface area contributed by atoms with Crippen molar-refractivity contribution in [1.29, 1.82) is 0 Å². The van der Waals surface area contributed by atoms with Gasteiger partial charge in [0.05, 0.1) is 0 Å². The van der Waals surface area contributed by atoms with Gasteiger partial charge in [-0.05, 0) is 82.9 Å². The Kier molecular flexibility index (Phi) is 7.52. The van der Waals surface area contributed by atoms with Gasteiger partial charge in [0.2, 0.25) is 0 Å². The van der Waals surface area contributed by atoms with Crippen molar-refractivity contribution < 1.29 is 0 Å². The number of rotatable bonds is 5. The Bertz CT molecular complexity index is 3200. The molecule has 0 N–H and O–H groups in total. The van der Waals surface area contributed by atoms with Gasteiger partial charge in [-0.2, -0.15) is 0 Å². The molecule has 0 amide bonds. The molecule has 0 saturated carbocycles. The largest absolute Gasteiger partial charge is 0.208 e. The molecule has 1 aromatic heterocycles. The molecule has 0 aliphatic heterocycles. The van der Waals surface area contributed by atoms with Crippen LogP contribution in [0.4, 0.5) is 0 Å². The summed E-state index contributed by atoms with van der Waals surface area (Å²) in [6.07, 6.45) is 0. The zero-order chi connectivity index (χ0) is 38.1. The molecule has 9 aromatic carbocycles. The number of fused-ring (bicyclic) bond motifs is 7. The second kappa shape index (κ2) is 12.9. The smallest absolute Gasteiger partial charge is 0.165 e. The van der Waals surface area contributed by atoms with E-state index in [-0.39, 0.29) is 5.41 Å². The van der Waals surface area contributed by atoms with Crippen molar-refractivity contribution in [2.24, 2.45) is 0 Å². The first-order chi connectivity index (χ1) is 28.0. The first-order valence-electron chi connectivity index (χ1n) is 19.6. The Hall–Kier alpha value is -7.23. The Balaban J connectivity index is 1.13. The van der Waals surface area contributed by atoms with E-state index in [1.807, 2.05) is 6.07 Å². The van der Waals surface area contributed by atoms with Gasteiger partial charge < -0.3 is 0 Å².